The van der Waals surface area contributed by atoms with E-state index >= 15 is 0 Å². The van der Waals surface area contributed by atoms with Gasteiger partial charge in [0, 0.05) is 12.7 Å². The second-order valence-corrected chi connectivity index (χ2v) is 5.46. The molecule has 3 nitrogen and oxygen atoms in total. The quantitative estimate of drug-likeness (QED) is 0.730. The Hall–Kier alpha value is -1.12. The molecule has 0 amide bonds. The molecule has 0 saturated heterocycles. The number of nitrogens with zero attached hydrogens (tertiary/aromatic N) is 2. The molecule has 0 unspecified atom stereocenters. The zero-order valence-electron chi connectivity index (χ0n) is 11.6. The van der Waals surface area contributed by atoms with Crippen LogP contribution < -0.4 is 5.32 Å². The fourth-order valence-electron chi connectivity index (χ4n) is 1.83. The van der Waals surface area contributed by atoms with Crippen LogP contribution >= 0.6 is 0 Å². The molecule has 0 aliphatic rings. The predicted octanol–water partition coefficient (Wildman–Crippen LogP) is 3.80. The van der Waals surface area contributed by atoms with Gasteiger partial charge in [-0.05, 0) is 24.8 Å². The van der Waals surface area contributed by atoms with Crippen molar-refractivity contribution in [3.8, 4) is 0 Å². The van der Waals surface area contributed by atoms with Crippen molar-refractivity contribution < 1.29 is 0 Å². The Morgan fingerprint density at radius 3 is 2.71 bits per heavy atom. The van der Waals surface area contributed by atoms with Gasteiger partial charge in [0.1, 0.15) is 11.6 Å². The van der Waals surface area contributed by atoms with Crippen LogP contribution in [-0.4, -0.2) is 16.5 Å². The fraction of sp³-hybridized carbons (Fsp3) is 0.714. The van der Waals surface area contributed by atoms with Gasteiger partial charge in [0.2, 0.25) is 0 Å². The van der Waals surface area contributed by atoms with Crippen molar-refractivity contribution in [3.63, 3.8) is 0 Å². The van der Waals surface area contributed by atoms with E-state index in [-0.39, 0.29) is 0 Å². The van der Waals surface area contributed by atoms with E-state index < -0.39 is 0 Å². The van der Waals surface area contributed by atoms with Gasteiger partial charge in [-0.15, -0.1) is 0 Å². The Labute approximate surface area is 105 Å². The molecule has 1 aromatic rings. The summed E-state index contributed by atoms with van der Waals surface area (Å²) >= 11 is 0. The lowest BCUT2D eigenvalue weighted by Crippen LogP contribution is -2.23. The first kappa shape index (κ1) is 13.9. The van der Waals surface area contributed by atoms with Gasteiger partial charge in [-0.3, -0.25) is 0 Å². The summed E-state index contributed by atoms with van der Waals surface area (Å²) in [7, 11) is 0. The van der Waals surface area contributed by atoms with Gasteiger partial charge in [0.15, 0.2) is 0 Å². The maximum Gasteiger partial charge on any atom is 0.129 e. The highest BCUT2D eigenvalue weighted by atomic mass is 15.0. The third kappa shape index (κ3) is 5.66. The van der Waals surface area contributed by atoms with Crippen molar-refractivity contribution in [1.29, 1.82) is 0 Å². The van der Waals surface area contributed by atoms with E-state index in [9.17, 15) is 0 Å². The number of unbranched alkanes of at least 4 members (excludes halogenated alkanes) is 2. The number of aromatic nitrogens is 2. The Morgan fingerprint density at radius 1 is 1.29 bits per heavy atom. The van der Waals surface area contributed by atoms with Gasteiger partial charge in [0.25, 0.3) is 0 Å². The first-order valence-corrected chi connectivity index (χ1v) is 6.57. The Balaban J connectivity index is 2.38. The summed E-state index contributed by atoms with van der Waals surface area (Å²) < 4.78 is 0. The molecular weight excluding hydrogens is 210 g/mol. The largest absolute Gasteiger partial charge is 0.369 e. The van der Waals surface area contributed by atoms with Crippen molar-refractivity contribution in [3.05, 3.63) is 18.1 Å². The van der Waals surface area contributed by atoms with Gasteiger partial charge in [-0.1, -0.05) is 40.0 Å². The van der Waals surface area contributed by atoms with Crippen LogP contribution in [0.5, 0.6) is 0 Å². The van der Waals surface area contributed by atoms with E-state index in [1.165, 1.54) is 25.7 Å². The topological polar surface area (TPSA) is 37.8 Å². The van der Waals surface area contributed by atoms with Crippen molar-refractivity contribution in [2.75, 3.05) is 11.9 Å². The standard InChI is InChI=1S/C14H25N3/c1-5-6-7-9-14(3,4)11-16-13-8-10-15-12(2)17-13/h8,10H,5-7,9,11H2,1-4H3,(H,15,16,17). The number of hydrogen-bond donors (Lipinski definition) is 1. The molecule has 3 heteroatoms. The van der Waals surface area contributed by atoms with Crippen LogP contribution in [0.2, 0.25) is 0 Å². The summed E-state index contributed by atoms with van der Waals surface area (Å²) in [6, 6.07) is 1.93. The minimum Gasteiger partial charge on any atom is -0.369 e. The summed E-state index contributed by atoms with van der Waals surface area (Å²) in [5.74, 6) is 1.75. The van der Waals surface area contributed by atoms with Crippen LogP contribution in [0.15, 0.2) is 12.3 Å². The first-order valence-electron chi connectivity index (χ1n) is 6.57. The van der Waals surface area contributed by atoms with Gasteiger partial charge in [0.05, 0.1) is 0 Å². The summed E-state index contributed by atoms with van der Waals surface area (Å²) in [5.41, 5.74) is 0.327. The third-order valence-corrected chi connectivity index (χ3v) is 2.98. The van der Waals surface area contributed by atoms with Crippen molar-refractivity contribution in [1.82, 2.24) is 9.97 Å². The number of rotatable bonds is 7. The van der Waals surface area contributed by atoms with Crippen molar-refractivity contribution >= 4 is 5.82 Å². The molecule has 0 aromatic carbocycles. The molecule has 0 radical (unpaired) electrons. The first-order chi connectivity index (χ1) is 8.03. The van der Waals surface area contributed by atoms with E-state index in [1.54, 1.807) is 6.20 Å². The molecule has 0 bridgehead atoms. The number of nitrogens with one attached hydrogen (secondary N) is 1. The summed E-state index contributed by atoms with van der Waals surface area (Å²) in [5, 5.41) is 3.40. The highest BCUT2D eigenvalue weighted by molar-refractivity contribution is 5.32. The van der Waals surface area contributed by atoms with Crippen molar-refractivity contribution in [2.45, 2.75) is 53.4 Å². The molecular formula is C14H25N3. The second kappa shape index (κ2) is 6.58. The van der Waals surface area contributed by atoms with Crippen LogP contribution in [-0.2, 0) is 0 Å². The SMILES string of the molecule is CCCCCC(C)(C)CNc1ccnc(C)n1. The third-order valence-electron chi connectivity index (χ3n) is 2.98. The molecule has 0 spiro atoms. The molecule has 1 N–H and O–H groups in total. The smallest absolute Gasteiger partial charge is 0.129 e. The molecule has 0 fully saturated rings. The average molecular weight is 235 g/mol. The Bertz CT molecular complexity index is 334. The monoisotopic (exact) mass is 235 g/mol. The van der Waals surface area contributed by atoms with Crippen LogP contribution in [0, 0.1) is 12.3 Å². The lowest BCUT2D eigenvalue weighted by molar-refractivity contribution is 0.342. The minimum atomic E-state index is 0.327. The molecule has 17 heavy (non-hydrogen) atoms. The molecule has 0 atom stereocenters. The number of aryl methyl sites for hydroxylation is 1. The number of hydrogen-bond acceptors (Lipinski definition) is 3. The van der Waals surface area contributed by atoms with E-state index in [1.807, 2.05) is 13.0 Å². The Morgan fingerprint density at radius 2 is 2.06 bits per heavy atom. The normalized spacial score (nSPS) is 11.5. The maximum absolute atomic E-state index is 4.35. The van der Waals surface area contributed by atoms with Crippen LogP contribution in [0.3, 0.4) is 0 Å². The molecule has 0 aliphatic carbocycles. The predicted molar refractivity (Wildman–Crippen MR) is 73.2 cm³/mol. The highest BCUT2D eigenvalue weighted by Crippen LogP contribution is 2.23. The molecule has 1 rings (SSSR count). The summed E-state index contributed by atoms with van der Waals surface area (Å²) in [6.07, 6.45) is 6.99. The fourth-order valence-corrected chi connectivity index (χ4v) is 1.83. The van der Waals surface area contributed by atoms with Gasteiger partial charge in [-0.25, -0.2) is 9.97 Å². The molecule has 0 saturated carbocycles. The summed E-state index contributed by atoms with van der Waals surface area (Å²) in [6.45, 7) is 9.74. The molecule has 1 aromatic heterocycles. The average Bonchev–Trinajstić information content (AvgIpc) is 2.27. The van der Waals surface area contributed by atoms with Gasteiger partial charge in [-0.2, -0.15) is 0 Å². The van der Waals surface area contributed by atoms with E-state index in [0.717, 1.165) is 18.2 Å². The zero-order valence-corrected chi connectivity index (χ0v) is 11.6. The van der Waals surface area contributed by atoms with Crippen LogP contribution in [0.1, 0.15) is 52.3 Å². The van der Waals surface area contributed by atoms with Crippen molar-refractivity contribution in [2.24, 2.45) is 5.41 Å². The van der Waals surface area contributed by atoms with Gasteiger partial charge >= 0.3 is 0 Å². The zero-order chi connectivity index (χ0) is 12.7. The molecule has 0 aliphatic heterocycles. The Kier molecular flexibility index (Phi) is 5.39. The lowest BCUT2D eigenvalue weighted by Gasteiger charge is -2.25. The molecule has 1 heterocycles. The molecule has 96 valence electrons. The number of anilines is 1. The highest BCUT2D eigenvalue weighted by Gasteiger charge is 2.17. The van der Waals surface area contributed by atoms with E-state index in [0.29, 0.717) is 5.41 Å². The second-order valence-electron chi connectivity index (χ2n) is 5.46. The maximum atomic E-state index is 4.35. The van der Waals surface area contributed by atoms with Gasteiger partial charge < -0.3 is 5.32 Å². The lowest BCUT2D eigenvalue weighted by atomic mass is 9.87. The summed E-state index contributed by atoms with van der Waals surface area (Å²) in [4.78, 5) is 8.44. The van der Waals surface area contributed by atoms with E-state index in [4.69, 9.17) is 0 Å². The van der Waals surface area contributed by atoms with Crippen LogP contribution in [0.25, 0.3) is 0 Å². The van der Waals surface area contributed by atoms with E-state index in [2.05, 4.69) is 36.1 Å². The van der Waals surface area contributed by atoms with Crippen LogP contribution in [0.4, 0.5) is 5.82 Å². The minimum absolute atomic E-state index is 0.327.